The zero-order chi connectivity index (χ0) is 11.5. The van der Waals surface area contributed by atoms with Crippen LogP contribution in [0.1, 0.15) is 60.8 Å². The van der Waals surface area contributed by atoms with Crippen LogP contribution in [0.3, 0.4) is 0 Å². The molecule has 0 N–H and O–H groups in total. The van der Waals surface area contributed by atoms with E-state index in [1.807, 2.05) is 0 Å². The maximum Gasteiger partial charge on any atom is 0.0643 e. The third-order valence-corrected chi connectivity index (χ3v) is 5.21. The van der Waals surface area contributed by atoms with E-state index in [1.54, 1.807) is 0 Å². The fourth-order valence-electron chi connectivity index (χ4n) is 3.74. The van der Waals surface area contributed by atoms with Gasteiger partial charge in [0.05, 0.1) is 11.7 Å². The molecule has 3 atom stereocenters. The Labute approximate surface area is 94.6 Å². The predicted molar refractivity (Wildman–Crippen MR) is 63.9 cm³/mol. The van der Waals surface area contributed by atoms with E-state index in [0.29, 0.717) is 16.9 Å². The maximum atomic E-state index is 6.27. The zero-order valence-electron chi connectivity index (χ0n) is 11.2. The van der Waals surface area contributed by atoms with Gasteiger partial charge >= 0.3 is 0 Å². The molecule has 2 saturated carbocycles. The number of rotatable bonds is 1. The van der Waals surface area contributed by atoms with Crippen LogP contribution < -0.4 is 0 Å². The summed E-state index contributed by atoms with van der Waals surface area (Å²) in [5, 5.41) is 0. The Morgan fingerprint density at radius 3 is 2.07 bits per heavy atom. The van der Waals surface area contributed by atoms with Crippen molar-refractivity contribution in [1.82, 2.24) is 0 Å². The molecular formula is C14H26O. The fraction of sp³-hybridized carbons (Fsp3) is 1.00. The summed E-state index contributed by atoms with van der Waals surface area (Å²) in [6.07, 6.45) is 4.52. The summed E-state index contributed by atoms with van der Waals surface area (Å²) >= 11 is 0. The summed E-state index contributed by atoms with van der Waals surface area (Å²) < 4.78 is 6.27. The van der Waals surface area contributed by atoms with Gasteiger partial charge in [0.1, 0.15) is 0 Å². The van der Waals surface area contributed by atoms with E-state index in [1.165, 1.54) is 19.3 Å². The van der Waals surface area contributed by atoms with Crippen molar-refractivity contribution in [2.75, 3.05) is 0 Å². The molecular weight excluding hydrogens is 184 g/mol. The van der Waals surface area contributed by atoms with E-state index in [4.69, 9.17) is 4.74 Å². The minimum atomic E-state index is 0.00817. The molecule has 0 heterocycles. The fourth-order valence-corrected chi connectivity index (χ4v) is 3.74. The number of ether oxygens (including phenoxy) is 1. The van der Waals surface area contributed by atoms with Gasteiger partial charge in [-0.05, 0) is 56.8 Å². The molecule has 3 unspecified atom stereocenters. The molecule has 1 nitrogen and oxygen atoms in total. The Bertz CT molecular complexity index is 261. The second kappa shape index (κ2) is 3.00. The van der Waals surface area contributed by atoms with Crippen LogP contribution in [-0.4, -0.2) is 11.7 Å². The van der Waals surface area contributed by atoms with Crippen LogP contribution in [0.5, 0.6) is 0 Å². The first-order valence-electron chi connectivity index (χ1n) is 6.35. The van der Waals surface area contributed by atoms with Gasteiger partial charge < -0.3 is 4.74 Å². The first-order chi connectivity index (χ1) is 6.67. The van der Waals surface area contributed by atoms with E-state index in [-0.39, 0.29) is 5.60 Å². The normalized spacial score (nSPS) is 43.6. The van der Waals surface area contributed by atoms with Crippen molar-refractivity contribution >= 4 is 0 Å². The summed E-state index contributed by atoms with van der Waals surface area (Å²) in [6.45, 7) is 13.9. The van der Waals surface area contributed by atoms with Crippen LogP contribution in [-0.2, 0) is 4.74 Å². The monoisotopic (exact) mass is 210 g/mol. The molecule has 0 aliphatic heterocycles. The molecule has 2 aliphatic carbocycles. The first kappa shape index (κ1) is 11.4. The summed E-state index contributed by atoms with van der Waals surface area (Å²) in [4.78, 5) is 0. The average molecular weight is 210 g/mol. The van der Waals surface area contributed by atoms with Crippen LogP contribution >= 0.6 is 0 Å². The Kier molecular flexibility index (Phi) is 2.29. The van der Waals surface area contributed by atoms with Gasteiger partial charge in [-0.1, -0.05) is 20.8 Å². The second-order valence-electron chi connectivity index (χ2n) is 7.33. The number of fused-ring (bicyclic) bond motifs is 2. The highest BCUT2D eigenvalue weighted by atomic mass is 16.5. The van der Waals surface area contributed by atoms with Crippen LogP contribution in [0.4, 0.5) is 0 Å². The average Bonchev–Trinajstić information content (AvgIpc) is 2.34. The first-order valence-corrected chi connectivity index (χ1v) is 6.35. The van der Waals surface area contributed by atoms with Crippen molar-refractivity contribution in [1.29, 1.82) is 0 Å². The molecule has 1 heteroatoms. The molecule has 2 rings (SSSR count). The lowest BCUT2D eigenvalue weighted by molar-refractivity contribution is -0.119. The second-order valence-corrected chi connectivity index (χ2v) is 7.33. The summed E-state index contributed by atoms with van der Waals surface area (Å²) in [7, 11) is 0. The van der Waals surface area contributed by atoms with Gasteiger partial charge in [0.2, 0.25) is 0 Å². The summed E-state index contributed by atoms with van der Waals surface area (Å²) in [5.74, 6) is 0.884. The largest absolute Gasteiger partial charge is 0.372 e. The quantitative estimate of drug-likeness (QED) is 0.635. The van der Waals surface area contributed by atoms with E-state index in [9.17, 15) is 0 Å². The third kappa shape index (κ3) is 1.54. The Morgan fingerprint density at radius 2 is 1.73 bits per heavy atom. The highest BCUT2D eigenvalue weighted by Crippen LogP contribution is 2.66. The van der Waals surface area contributed by atoms with Gasteiger partial charge in [-0.15, -0.1) is 0 Å². The smallest absolute Gasteiger partial charge is 0.0643 e. The van der Waals surface area contributed by atoms with Crippen molar-refractivity contribution in [3.05, 3.63) is 0 Å². The van der Waals surface area contributed by atoms with E-state index in [0.717, 1.165) is 5.92 Å². The zero-order valence-corrected chi connectivity index (χ0v) is 11.2. The number of hydrogen-bond acceptors (Lipinski definition) is 1. The van der Waals surface area contributed by atoms with Crippen molar-refractivity contribution in [3.8, 4) is 0 Å². The van der Waals surface area contributed by atoms with Crippen LogP contribution in [0, 0.1) is 16.7 Å². The third-order valence-electron chi connectivity index (χ3n) is 5.21. The molecule has 0 aromatic heterocycles. The molecule has 0 amide bonds. The molecule has 0 spiro atoms. The lowest BCUT2D eigenvalue weighted by Gasteiger charge is -2.41. The van der Waals surface area contributed by atoms with Crippen LogP contribution in [0.2, 0.25) is 0 Å². The molecule has 2 aliphatic rings. The van der Waals surface area contributed by atoms with Gasteiger partial charge in [0, 0.05) is 0 Å². The van der Waals surface area contributed by atoms with Crippen molar-refractivity contribution in [3.63, 3.8) is 0 Å². The molecule has 0 saturated heterocycles. The van der Waals surface area contributed by atoms with Gasteiger partial charge in [0.15, 0.2) is 0 Å². The molecule has 2 fully saturated rings. The SMILES string of the molecule is CC(C)(C)OC1CC2CCC1(C)C2(C)C. The van der Waals surface area contributed by atoms with Gasteiger partial charge in [-0.3, -0.25) is 0 Å². The molecule has 2 bridgehead atoms. The molecule has 15 heavy (non-hydrogen) atoms. The topological polar surface area (TPSA) is 9.23 Å². The van der Waals surface area contributed by atoms with Gasteiger partial charge in [-0.25, -0.2) is 0 Å². The van der Waals surface area contributed by atoms with Gasteiger partial charge in [0.25, 0.3) is 0 Å². The van der Waals surface area contributed by atoms with Crippen molar-refractivity contribution in [2.24, 2.45) is 16.7 Å². The Hall–Kier alpha value is -0.0400. The Morgan fingerprint density at radius 1 is 1.13 bits per heavy atom. The van der Waals surface area contributed by atoms with Crippen molar-refractivity contribution in [2.45, 2.75) is 72.5 Å². The Balaban J connectivity index is 2.19. The van der Waals surface area contributed by atoms with Crippen LogP contribution in [0.15, 0.2) is 0 Å². The predicted octanol–water partition coefficient (Wildman–Crippen LogP) is 4.02. The van der Waals surface area contributed by atoms with E-state index < -0.39 is 0 Å². The standard InChI is InChI=1S/C14H26O/c1-12(2,3)15-11-9-10-7-8-14(11,6)13(10,4)5/h10-11H,7-9H2,1-6H3. The van der Waals surface area contributed by atoms with Crippen molar-refractivity contribution < 1.29 is 4.74 Å². The number of hydrogen-bond donors (Lipinski definition) is 0. The lowest BCUT2D eigenvalue weighted by Crippen LogP contribution is -2.41. The summed E-state index contributed by atoms with van der Waals surface area (Å²) in [5.41, 5.74) is 0.891. The van der Waals surface area contributed by atoms with Crippen LogP contribution in [0.25, 0.3) is 0 Å². The molecule has 0 aromatic carbocycles. The van der Waals surface area contributed by atoms with E-state index in [2.05, 4.69) is 41.5 Å². The maximum absolute atomic E-state index is 6.27. The highest BCUT2D eigenvalue weighted by molar-refractivity contribution is 5.11. The minimum Gasteiger partial charge on any atom is -0.372 e. The van der Waals surface area contributed by atoms with E-state index >= 15 is 0 Å². The molecule has 0 aromatic rings. The highest BCUT2D eigenvalue weighted by Gasteiger charge is 2.62. The summed E-state index contributed by atoms with van der Waals surface area (Å²) in [6, 6.07) is 0. The molecule has 88 valence electrons. The lowest BCUT2D eigenvalue weighted by atomic mass is 9.70. The van der Waals surface area contributed by atoms with Gasteiger partial charge in [-0.2, -0.15) is 0 Å². The molecule has 0 radical (unpaired) electrons. The minimum absolute atomic E-state index is 0.00817.